The summed E-state index contributed by atoms with van der Waals surface area (Å²) in [4.78, 5) is 14.7. The third-order valence-corrected chi connectivity index (χ3v) is 5.02. The molecule has 0 fully saturated rings. The summed E-state index contributed by atoms with van der Waals surface area (Å²) in [5.41, 5.74) is 1.55. The van der Waals surface area contributed by atoms with Gasteiger partial charge in [-0.05, 0) is 48.5 Å². The highest BCUT2D eigenvalue weighted by molar-refractivity contribution is 7.99. The predicted octanol–water partition coefficient (Wildman–Crippen LogP) is 5.24. The van der Waals surface area contributed by atoms with Crippen LogP contribution < -0.4 is 9.64 Å². The highest BCUT2D eigenvalue weighted by atomic mass is 32.2. The van der Waals surface area contributed by atoms with Crippen molar-refractivity contribution in [1.29, 1.82) is 0 Å². The average Bonchev–Trinajstić information content (AvgIpc) is 3.27. The number of para-hydroxylation sites is 2. The zero-order valence-electron chi connectivity index (χ0n) is 16.3. The van der Waals surface area contributed by atoms with Gasteiger partial charge < -0.3 is 9.15 Å². The maximum Gasteiger partial charge on any atom is 0.277 e. The molecule has 1 amide bonds. The summed E-state index contributed by atoms with van der Waals surface area (Å²) < 4.78 is 24.0. The van der Waals surface area contributed by atoms with Crippen LogP contribution in [0.5, 0.6) is 5.75 Å². The van der Waals surface area contributed by atoms with Crippen LogP contribution in [0, 0.1) is 5.82 Å². The number of anilines is 2. The normalized spacial score (nSPS) is 10.6. The lowest BCUT2D eigenvalue weighted by molar-refractivity contribution is -0.115. The first-order valence-corrected chi connectivity index (χ1v) is 10.4. The van der Waals surface area contributed by atoms with E-state index in [2.05, 4.69) is 10.2 Å². The molecule has 0 atom stereocenters. The minimum atomic E-state index is -0.339. The van der Waals surface area contributed by atoms with Crippen molar-refractivity contribution in [2.75, 3.05) is 10.7 Å². The van der Waals surface area contributed by atoms with Gasteiger partial charge in [-0.1, -0.05) is 48.2 Å². The fraction of sp³-hybridized carbons (Fsp3) is 0.0870. The molecule has 3 aromatic carbocycles. The molecule has 0 aliphatic heterocycles. The van der Waals surface area contributed by atoms with E-state index in [9.17, 15) is 9.18 Å². The summed E-state index contributed by atoms with van der Waals surface area (Å²) in [5, 5.41) is 8.15. The molecule has 0 saturated heterocycles. The number of ether oxygens (including phenoxy) is 1. The first-order valence-electron chi connectivity index (χ1n) is 9.45. The van der Waals surface area contributed by atoms with Gasteiger partial charge in [-0.3, -0.25) is 9.69 Å². The second kappa shape index (κ2) is 9.90. The Balaban J connectivity index is 1.38. The summed E-state index contributed by atoms with van der Waals surface area (Å²) in [7, 11) is 0. The van der Waals surface area contributed by atoms with Crippen LogP contribution in [0.3, 0.4) is 0 Å². The number of nitrogens with zero attached hydrogens (tertiary/aromatic N) is 3. The van der Waals surface area contributed by atoms with E-state index in [1.807, 2.05) is 60.7 Å². The topological polar surface area (TPSA) is 68.5 Å². The van der Waals surface area contributed by atoms with Gasteiger partial charge in [0.15, 0.2) is 6.61 Å². The van der Waals surface area contributed by atoms with Crippen LogP contribution in [-0.2, 0) is 11.4 Å². The molecule has 1 aromatic heterocycles. The Bertz CT molecular complexity index is 1080. The van der Waals surface area contributed by atoms with Crippen LogP contribution >= 0.6 is 11.8 Å². The number of hydrogen-bond acceptors (Lipinski definition) is 6. The van der Waals surface area contributed by atoms with Gasteiger partial charge in [-0.25, -0.2) is 4.39 Å². The second-order valence-electron chi connectivity index (χ2n) is 6.39. The first-order chi connectivity index (χ1) is 15.2. The SMILES string of the molecule is O=C(CSc1nnc(COc2ccc(F)cc2)o1)N(c1ccccc1)c1ccccc1. The fourth-order valence-corrected chi connectivity index (χ4v) is 3.44. The molecule has 1 heterocycles. The molecule has 156 valence electrons. The molecule has 0 spiro atoms. The van der Waals surface area contributed by atoms with E-state index < -0.39 is 0 Å². The van der Waals surface area contributed by atoms with E-state index in [1.54, 1.807) is 4.90 Å². The highest BCUT2D eigenvalue weighted by Crippen LogP contribution is 2.27. The molecule has 0 unspecified atom stereocenters. The Labute approximate surface area is 182 Å². The summed E-state index contributed by atoms with van der Waals surface area (Å²) >= 11 is 1.15. The summed E-state index contributed by atoms with van der Waals surface area (Å²) in [6.07, 6.45) is 0. The van der Waals surface area contributed by atoms with Crippen LogP contribution in [0.15, 0.2) is 94.6 Å². The largest absolute Gasteiger partial charge is 0.484 e. The van der Waals surface area contributed by atoms with Crippen molar-refractivity contribution in [2.45, 2.75) is 11.8 Å². The molecule has 4 aromatic rings. The zero-order chi connectivity index (χ0) is 21.5. The van der Waals surface area contributed by atoms with Crippen molar-refractivity contribution in [3.63, 3.8) is 0 Å². The van der Waals surface area contributed by atoms with Gasteiger partial charge in [0.25, 0.3) is 11.1 Å². The monoisotopic (exact) mass is 435 g/mol. The number of aromatic nitrogens is 2. The number of rotatable bonds is 8. The van der Waals surface area contributed by atoms with Gasteiger partial charge in [-0.2, -0.15) is 0 Å². The number of amides is 1. The van der Waals surface area contributed by atoms with Gasteiger partial charge in [0.2, 0.25) is 5.91 Å². The van der Waals surface area contributed by atoms with Crippen molar-refractivity contribution in [3.8, 4) is 5.75 Å². The van der Waals surface area contributed by atoms with Crippen molar-refractivity contribution in [3.05, 3.63) is 96.6 Å². The molecule has 31 heavy (non-hydrogen) atoms. The summed E-state index contributed by atoms with van der Waals surface area (Å²) in [6, 6.07) is 24.5. The van der Waals surface area contributed by atoms with Crippen molar-refractivity contribution >= 4 is 29.0 Å². The molecule has 0 aliphatic rings. The molecule has 8 heteroatoms. The minimum absolute atomic E-state index is 0.0489. The molecular weight excluding hydrogens is 417 g/mol. The number of carbonyl (C=O) groups excluding carboxylic acids is 1. The van der Waals surface area contributed by atoms with E-state index in [4.69, 9.17) is 9.15 Å². The Morgan fingerprint density at radius 3 is 2.13 bits per heavy atom. The van der Waals surface area contributed by atoms with Crippen molar-refractivity contribution in [1.82, 2.24) is 10.2 Å². The van der Waals surface area contributed by atoms with Gasteiger partial charge in [0.05, 0.1) is 5.75 Å². The number of thioether (sulfide) groups is 1. The highest BCUT2D eigenvalue weighted by Gasteiger charge is 2.19. The van der Waals surface area contributed by atoms with Crippen LogP contribution in [0.25, 0.3) is 0 Å². The number of benzene rings is 3. The third kappa shape index (κ3) is 5.49. The quantitative estimate of drug-likeness (QED) is 0.352. The molecule has 0 N–H and O–H groups in total. The van der Waals surface area contributed by atoms with Crippen molar-refractivity contribution < 1.29 is 18.3 Å². The summed E-state index contributed by atoms with van der Waals surface area (Å²) in [5.74, 6) is 0.412. The maximum absolute atomic E-state index is 13.0. The van der Waals surface area contributed by atoms with Crippen molar-refractivity contribution in [2.24, 2.45) is 0 Å². The molecule has 4 rings (SSSR count). The van der Waals surface area contributed by atoms with Crippen LogP contribution in [0.2, 0.25) is 0 Å². The smallest absolute Gasteiger partial charge is 0.277 e. The molecule has 0 bridgehead atoms. The standard InChI is InChI=1S/C23H18FN3O3S/c24-17-11-13-20(14-12-17)29-15-21-25-26-23(30-21)31-16-22(28)27(18-7-3-1-4-8-18)19-9-5-2-6-10-19/h1-14H,15-16H2. The molecule has 0 saturated carbocycles. The minimum Gasteiger partial charge on any atom is -0.484 e. The lowest BCUT2D eigenvalue weighted by Gasteiger charge is -2.22. The molecular formula is C23H18FN3O3S. The van der Waals surface area contributed by atoms with Gasteiger partial charge in [0, 0.05) is 11.4 Å². The fourth-order valence-electron chi connectivity index (χ4n) is 2.81. The van der Waals surface area contributed by atoms with E-state index in [-0.39, 0.29) is 35.2 Å². The average molecular weight is 435 g/mol. The Morgan fingerprint density at radius 1 is 0.903 bits per heavy atom. The van der Waals surface area contributed by atoms with E-state index in [0.29, 0.717) is 5.75 Å². The third-order valence-electron chi connectivity index (χ3n) is 4.22. The zero-order valence-corrected chi connectivity index (χ0v) is 17.2. The Morgan fingerprint density at radius 2 is 1.52 bits per heavy atom. The molecule has 6 nitrogen and oxygen atoms in total. The second-order valence-corrected chi connectivity index (χ2v) is 7.32. The first kappa shape index (κ1) is 20.6. The Kier molecular flexibility index (Phi) is 6.59. The predicted molar refractivity (Wildman–Crippen MR) is 116 cm³/mol. The van der Waals surface area contributed by atoms with Gasteiger partial charge >= 0.3 is 0 Å². The summed E-state index contributed by atoms with van der Waals surface area (Å²) in [6.45, 7) is 0.0489. The van der Waals surface area contributed by atoms with Crippen LogP contribution in [0.1, 0.15) is 5.89 Å². The Hall–Kier alpha value is -3.65. The van der Waals surface area contributed by atoms with Gasteiger partial charge in [0.1, 0.15) is 11.6 Å². The molecule has 0 radical (unpaired) electrons. The lowest BCUT2D eigenvalue weighted by Crippen LogP contribution is -2.27. The number of halogens is 1. The molecule has 0 aliphatic carbocycles. The van der Waals surface area contributed by atoms with E-state index >= 15 is 0 Å². The lowest BCUT2D eigenvalue weighted by atomic mass is 10.2. The van der Waals surface area contributed by atoms with E-state index in [1.165, 1.54) is 24.3 Å². The number of hydrogen-bond donors (Lipinski definition) is 0. The van der Waals surface area contributed by atoms with Gasteiger partial charge in [-0.15, -0.1) is 10.2 Å². The number of carbonyl (C=O) groups is 1. The van der Waals surface area contributed by atoms with Crippen LogP contribution in [0.4, 0.5) is 15.8 Å². The van der Waals surface area contributed by atoms with E-state index in [0.717, 1.165) is 23.1 Å². The van der Waals surface area contributed by atoms with Crippen LogP contribution in [-0.4, -0.2) is 21.9 Å². The maximum atomic E-state index is 13.0.